The first kappa shape index (κ1) is 15.2. The number of fused-ring (bicyclic) bond motifs is 3. The molecule has 0 aliphatic carbocycles. The summed E-state index contributed by atoms with van der Waals surface area (Å²) < 4.78 is 5.77. The van der Waals surface area contributed by atoms with Crippen LogP contribution in [0.2, 0.25) is 0 Å². The zero-order valence-electron chi connectivity index (χ0n) is 12.8. The molecule has 118 valence electrons. The predicted molar refractivity (Wildman–Crippen MR) is 87.3 cm³/mol. The van der Waals surface area contributed by atoms with Crippen LogP contribution in [0.15, 0.2) is 23.2 Å². The molecule has 0 bridgehead atoms. The lowest BCUT2D eigenvalue weighted by Gasteiger charge is -2.34. The standard InChI is InChI=1S/C15H19N3O3S/c1-9(19)17-10-4-5-12-11(8-10)15(20)13(6-7-21-12)22-14(16-2)18(15)3/h4-5,8,13,20H,6-7H2,1-3H3,(H,17,19). The maximum atomic E-state index is 11.4. The third-order valence-corrected chi connectivity index (χ3v) is 5.54. The van der Waals surface area contributed by atoms with Crippen molar-refractivity contribution in [2.45, 2.75) is 24.3 Å². The molecule has 2 aliphatic rings. The van der Waals surface area contributed by atoms with Gasteiger partial charge in [0, 0.05) is 32.3 Å². The first-order valence-corrected chi connectivity index (χ1v) is 7.99. The number of anilines is 1. The number of aliphatic hydroxyl groups is 1. The third-order valence-electron chi connectivity index (χ3n) is 4.02. The van der Waals surface area contributed by atoms with Gasteiger partial charge in [-0.3, -0.25) is 9.79 Å². The number of carbonyl (C=O) groups excluding carboxylic acids is 1. The SMILES string of the molecule is CN=C1SC2CCOc3ccc(NC(C)=O)cc3C2(O)N1C. The lowest BCUT2D eigenvalue weighted by atomic mass is 9.95. The molecule has 2 atom stereocenters. The van der Waals surface area contributed by atoms with Gasteiger partial charge in [0.15, 0.2) is 10.9 Å². The highest BCUT2D eigenvalue weighted by atomic mass is 32.2. The number of amidine groups is 1. The summed E-state index contributed by atoms with van der Waals surface area (Å²) in [5.74, 6) is 0.492. The topological polar surface area (TPSA) is 74.2 Å². The average Bonchev–Trinajstić information content (AvgIpc) is 2.64. The number of nitrogens with zero attached hydrogens (tertiary/aromatic N) is 2. The predicted octanol–water partition coefficient (Wildman–Crippen LogP) is 1.61. The number of rotatable bonds is 1. The maximum Gasteiger partial charge on any atom is 0.221 e. The van der Waals surface area contributed by atoms with Gasteiger partial charge in [-0.2, -0.15) is 0 Å². The van der Waals surface area contributed by atoms with E-state index in [4.69, 9.17) is 4.74 Å². The highest BCUT2D eigenvalue weighted by molar-refractivity contribution is 8.14. The summed E-state index contributed by atoms with van der Waals surface area (Å²) in [6.45, 7) is 2.00. The van der Waals surface area contributed by atoms with Gasteiger partial charge >= 0.3 is 0 Å². The van der Waals surface area contributed by atoms with Crippen LogP contribution in [0.5, 0.6) is 5.75 Å². The van der Waals surface area contributed by atoms with E-state index >= 15 is 0 Å². The van der Waals surface area contributed by atoms with Crippen molar-refractivity contribution in [2.24, 2.45) is 4.99 Å². The Morgan fingerprint density at radius 1 is 1.59 bits per heavy atom. The van der Waals surface area contributed by atoms with E-state index in [1.165, 1.54) is 6.92 Å². The van der Waals surface area contributed by atoms with Crippen molar-refractivity contribution in [3.8, 4) is 5.75 Å². The largest absolute Gasteiger partial charge is 0.493 e. The minimum Gasteiger partial charge on any atom is -0.493 e. The quantitative estimate of drug-likeness (QED) is 0.822. The van der Waals surface area contributed by atoms with Crippen LogP contribution >= 0.6 is 11.8 Å². The first-order valence-electron chi connectivity index (χ1n) is 7.11. The number of hydrogen-bond acceptors (Lipinski definition) is 5. The molecule has 1 fully saturated rings. The Hall–Kier alpha value is -1.73. The normalized spacial score (nSPS) is 28.6. The number of benzene rings is 1. The van der Waals surface area contributed by atoms with E-state index in [-0.39, 0.29) is 11.2 Å². The molecule has 2 N–H and O–H groups in total. The minimum absolute atomic E-state index is 0.0648. The summed E-state index contributed by atoms with van der Waals surface area (Å²) in [5, 5.41) is 14.9. The lowest BCUT2D eigenvalue weighted by molar-refractivity contribution is -0.114. The molecule has 1 aromatic rings. The molecule has 1 saturated heterocycles. The first-order chi connectivity index (χ1) is 10.5. The zero-order chi connectivity index (χ0) is 15.9. The van der Waals surface area contributed by atoms with Crippen molar-refractivity contribution in [3.63, 3.8) is 0 Å². The monoisotopic (exact) mass is 321 g/mol. The number of carbonyl (C=O) groups is 1. The molecule has 7 heteroatoms. The van der Waals surface area contributed by atoms with Gasteiger partial charge in [0.2, 0.25) is 5.91 Å². The van der Waals surface area contributed by atoms with Crippen molar-refractivity contribution in [1.82, 2.24) is 4.90 Å². The van der Waals surface area contributed by atoms with Gasteiger partial charge < -0.3 is 20.1 Å². The molecule has 22 heavy (non-hydrogen) atoms. The van der Waals surface area contributed by atoms with E-state index in [0.29, 0.717) is 30.0 Å². The number of nitrogens with one attached hydrogen (secondary N) is 1. The van der Waals surface area contributed by atoms with Crippen LogP contribution in [0.3, 0.4) is 0 Å². The maximum absolute atomic E-state index is 11.4. The van der Waals surface area contributed by atoms with E-state index in [9.17, 15) is 9.90 Å². The number of thioether (sulfide) groups is 1. The second-order valence-electron chi connectivity index (χ2n) is 5.43. The van der Waals surface area contributed by atoms with Crippen molar-refractivity contribution in [2.75, 3.05) is 26.0 Å². The fourth-order valence-corrected chi connectivity index (χ4v) is 4.29. The van der Waals surface area contributed by atoms with Gasteiger partial charge in [-0.25, -0.2) is 0 Å². The number of hydrogen-bond donors (Lipinski definition) is 2. The molecule has 0 radical (unpaired) electrons. The Morgan fingerprint density at radius 2 is 2.36 bits per heavy atom. The van der Waals surface area contributed by atoms with Gasteiger partial charge in [0.25, 0.3) is 0 Å². The van der Waals surface area contributed by atoms with Crippen LogP contribution in [-0.4, -0.2) is 47.0 Å². The Morgan fingerprint density at radius 3 is 3.05 bits per heavy atom. The number of amides is 1. The van der Waals surface area contributed by atoms with Crippen molar-refractivity contribution < 1.29 is 14.6 Å². The molecule has 0 aromatic heterocycles. The Balaban J connectivity index is 2.12. The van der Waals surface area contributed by atoms with Gasteiger partial charge in [-0.1, -0.05) is 11.8 Å². The van der Waals surface area contributed by atoms with Crippen LogP contribution in [0, 0.1) is 0 Å². The van der Waals surface area contributed by atoms with E-state index in [1.807, 2.05) is 7.05 Å². The van der Waals surface area contributed by atoms with E-state index < -0.39 is 5.72 Å². The second-order valence-corrected chi connectivity index (χ2v) is 6.60. The number of ether oxygens (including phenoxy) is 1. The zero-order valence-corrected chi connectivity index (χ0v) is 13.6. The fraction of sp³-hybridized carbons (Fsp3) is 0.467. The van der Waals surface area contributed by atoms with Gasteiger partial charge in [-0.05, 0) is 24.6 Å². The van der Waals surface area contributed by atoms with Crippen molar-refractivity contribution >= 4 is 28.5 Å². The summed E-state index contributed by atoms with van der Waals surface area (Å²) in [6.07, 6.45) is 0.717. The molecule has 0 saturated carbocycles. The van der Waals surface area contributed by atoms with E-state index in [2.05, 4.69) is 10.3 Å². The minimum atomic E-state index is -1.19. The molecular formula is C15H19N3O3S. The fourth-order valence-electron chi connectivity index (χ4n) is 2.97. The molecule has 6 nitrogen and oxygen atoms in total. The van der Waals surface area contributed by atoms with Gasteiger partial charge in [0.1, 0.15) is 5.75 Å². The Bertz CT molecular complexity index is 649. The molecule has 1 aromatic carbocycles. The van der Waals surface area contributed by atoms with E-state index in [0.717, 1.165) is 5.17 Å². The summed E-state index contributed by atoms with van der Waals surface area (Å²) in [5.41, 5.74) is 0.110. The molecule has 2 heterocycles. The third kappa shape index (κ3) is 2.24. The average molecular weight is 321 g/mol. The molecule has 0 spiro atoms. The lowest BCUT2D eigenvalue weighted by Crippen LogP contribution is -2.46. The molecule has 3 rings (SSSR count). The molecule has 1 amide bonds. The van der Waals surface area contributed by atoms with E-state index in [1.54, 1.807) is 41.9 Å². The summed E-state index contributed by atoms with van der Waals surface area (Å²) in [7, 11) is 3.55. The molecule has 2 aliphatic heterocycles. The molecule has 2 unspecified atom stereocenters. The Labute approximate surface area is 133 Å². The highest BCUT2D eigenvalue weighted by Crippen LogP contribution is 2.50. The van der Waals surface area contributed by atoms with Crippen LogP contribution < -0.4 is 10.1 Å². The smallest absolute Gasteiger partial charge is 0.221 e. The highest BCUT2D eigenvalue weighted by Gasteiger charge is 2.53. The van der Waals surface area contributed by atoms with Gasteiger partial charge in [-0.15, -0.1) is 0 Å². The Kier molecular flexibility index (Phi) is 3.78. The number of aliphatic imine (C=N–C) groups is 1. The van der Waals surface area contributed by atoms with Crippen LogP contribution in [0.4, 0.5) is 5.69 Å². The second kappa shape index (κ2) is 5.48. The van der Waals surface area contributed by atoms with Crippen molar-refractivity contribution in [3.05, 3.63) is 23.8 Å². The summed E-state index contributed by atoms with van der Waals surface area (Å²) >= 11 is 1.56. The van der Waals surface area contributed by atoms with Crippen LogP contribution in [0.1, 0.15) is 18.9 Å². The van der Waals surface area contributed by atoms with Crippen LogP contribution in [0.25, 0.3) is 0 Å². The molecular weight excluding hydrogens is 302 g/mol. The van der Waals surface area contributed by atoms with Crippen LogP contribution in [-0.2, 0) is 10.5 Å². The van der Waals surface area contributed by atoms with Gasteiger partial charge in [0.05, 0.1) is 11.9 Å². The summed E-state index contributed by atoms with van der Waals surface area (Å²) in [4.78, 5) is 17.3. The van der Waals surface area contributed by atoms with Crippen molar-refractivity contribution in [1.29, 1.82) is 0 Å². The summed E-state index contributed by atoms with van der Waals surface area (Å²) in [6, 6.07) is 5.35.